The molecule has 0 aromatic heterocycles. The van der Waals surface area contributed by atoms with Crippen LogP contribution >= 0.6 is 11.8 Å². The Morgan fingerprint density at radius 2 is 1.79 bits per heavy atom. The third-order valence-electron chi connectivity index (χ3n) is 2.59. The highest BCUT2D eigenvalue weighted by molar-refractivity contribution is 7.99. The lowest BCUT2D eigenvalue weighted by Crippen LogP contribution is -2.31. The van der Waals surface area contributed by atoms with Gasteiger partial charge in [-0.3, -0.25) is 0 Å². The highest BCUT2D eigenvalue weighted by Gasteiger charge is 2.27. The molecular weight excluding hydrogens is 275 g/mol. The van der Waals surface area contributed by atoms with E-state index in [2.05, 4.69) is 5.32 Å². The van der Waals surface area contributed by atoms with Crippen LogP contribution in [-0.2, 0) is 0 Å². The molecule has 1 aromatic carbocycles. The molecule has 0 saturated heterocycles. The van der Waals surface area contributed by atoms with Crippen LogP contribution < -0.4 is 5.32 Å². The Balaban J connectivity index is 2.56. The normalized spacial score (nSPS) is 15.3. The van der Waals surface area contributed by atoms with Crippen LogP contribution in [0.5, 0.6) is 0 Å². The summed E-state index contributed by atoms with van der Waals surface area (Å²) in [6.45, 7) is 3.86. The van der Waals surface area contributed by atoms with Crippen molar-refractivity contribution >= 4 is 11.8 Å². The third-order valence-corrected chi connectivity index (χ3v) is 3.67. The van der Waals surface area contributed by atoms with Gasteiger partial charge in [-0.15, -0.1) is 11.8 Å². The SMILES string of the molecule is CC(N[C@H](C)CO)c1ccc(SCC(F)(F)F)cc1. The van der Waals surface area contributed by atoms with Gasteiger partial charge in [-0.2, -0.15) is 13.2 Å². The minimum Gasteiger partial charge on any atom is -0.395 e. The Morgan fingerprint density at radius 1 is 1.21 bits per heavy atom. The Bertz CT molecular complexity index is 380. The van der Waals surface area contributed by atoms with Crippen molar-refractivity contribution in [2.24, 2.45) is 0 Å². The standard InChI is InChI=1S/C13H18F3NOS/c1-9(7-18)17-10(2)11-3-5-12(6-4-11)19-8-13(14,15)16/h3-6,9-10,17-18H,7-8H2,1-2H3/t9-,10?/m1/s1. The Morgan fingerprint density at radius 3 is 2.26 bits per heavy atom. The van der Waals surface area contributed by atoms with Gasteiger partial charge in [-0.1, -0.05) is 12.1 Å². The van der Waals surface area contributed by atoms with Gasteiger partial charge in [0.2, 0.25) is 0 Å². The van der Waals surface area contributed by atoms with Crippen LogP contribution in [0.25, 0.3) is 0 Å². The zero-order chi connectivity index (χ0) is 14.5. The summed E-state index contributed by atoms with van der Waals surface area (Å²) >= 11 is 0.781. The largest absolute Gasteiger partial charge is 0.398 e. The lowest BCUT2D eigenvalue weighted by Gasteiger charge is -2.19. The van der Waals surface area contributed by atoms with E-state index in [0.29, 0.717) is 4.90 Å². The van der Waals surface area contributed by atoms with E-state index in [-0.39, 0.29) is 18.7 Å². The fraction of sp³-hybridized carbons (Fsp3) is 0.538. The molecule has 0 aliphatic carbocycles. The van der Waals surface area contributed by atoms with Gasteiger partial charge >= 0.3 is 6.18 Å². The van der Waals surface area contributed by atoms with Crippen LogP contribution in [0.15, 0.2) is 29.2 Å². The van der Waals surface area contributed by atoms with E-state index in [1.807, 2.05) is 13.8 Å². The molecule has 108 valence electrons. The first-order valence-electron chi connectivity index (χ1n) is 5.98. The van der Waals surface area contributed by atoms with E-state index in [4.69, 9.17) is 5.11 Å². The molecule has 2 atom stereocenters. The number of halogens is 3. The van der Waals surface area contributed by atoms with Gasteiger partial charge in [0, 0.05) is 17.0 Å². The first-order chi connectivity index (χ1) is 8.81. The smallest absolute Gasteiger partial charge is 0.395 e. The van der Waals surface area contributed by atoms with E-state index >= 15 is 0 Å². The Kier molecular flexibility index (Phi) is 6.16. The monoisotopic (exact) mass is 293 g/mol. The maximum Gasteiger partial charge on any atom is 0.398 e. The zero-order valence-electron chi connectivity index (χ0n) is 10.9. The van der Waals surface area contributed by atoms with Crippen molar-refractivity contribution in [3.05, 3.63) is 29.8 Å². The van der Waals surface area contributed by atoms with E-state index in [1.165, 1.54) is 0 Å². The summed E-state index contributed by atoms with van der Waals surface area (Å²) < 4.78 is 36.2. The highest BCUT2D eigenvalue weighted by Crippen LogP contribution is 2.28. The van der Waals surface area contributed by atoms with Gasteiger partial charge in [0.25, 0.3) is 0 Å². The predicted octanol–water partition coefficient (Wildman–Crippen LogP) is 3.37. The summed E-state index contributed by atoms with van der Waals surface area (Å²) in [6, 6.07) is 7.01. The molecule has 0 radical (unpaired) electrons. The summed E-state index contributed by atoms with van der Waals surface area (Å²) in [7, 11) is 0. The molecule has 2 N–H and O–H groups in total. The van der Waals surface area contributed by atoms with Gasteiger partial charge in [-0.25, -0.2) is 0 Å². The second-order valence-corrected chi connectivity index (χ2v) is 5.49. The molecule has 19 heavy (non-hydrogen) atoms. The van der Waals surface area contributed by atoms with Crippen LogP contribution in [0, 0.1) is 0 Å². The molecule has 1 aromatic rings. The molecule has 0 fully saturated rings. The van der Waals surface area contributed by atoms with Crippen LogP contribution in [0.4, 0.5) is 13.2 Å². The number of thioether (sulfide) groups is 1. The maximum absolute atomic E-state index is 12.1. The molecule has 0 bridgehead atoms. The molecule has 6 heteroatoms. The lowest BCUT2D eigenvalue weighted by atomic mass is 10.1. The van der Waals surface area contributed by atoms with Crippen molar-refractivity contribution in [1.82, 2.24) is 5.32 Å². The minimum absolute atomic E-state index is 0.0192. The lowest BCUT2D eigenvalue weighted by molar-refractivity contribution is -0.105. The van der Waals surface area contributed by atoms with Crippen molar-refractivity contribution < 1.29 is 18.3 Å². The number of nitrogens with one attached hydrogen (secondary N) is 1. The topological polar surface area (TPSA) is 32.3 Å². The first-order valence-corrected chi connectivity index (χ1v) is 6.97. The molecule has 0 spiro atoms. The van der Waals surface area contributed by atoms with Crippen LogP contribution in [0.2, 0.25) is 0 Å². The first kappa shape index (κ1) is 16.3. The highest BCUT2D eigenvalue weighted by atomic mass is 32.2. The zero-order valence-corrected chi connectivity index (χ0v) is 11.7. The number of alkyl halides is 3. The van der Waals surface area contributed by atoms with Gasteiger partial charge in [0.1, 0.15) is 0 Å². The summed E-state index contributed by atoms with van der Waals surface area (Å²) in [5.41, 5.74) is 0.983. The summed E-state index contributed by atoms with van der Waals surface area (Å²) in [4.78, 5) is 0.600. The van der Waals surface area contributed by atoms with Crippen molar-refractivity contribution in [2.45, 2.75) is 37.0 Å². The fourth-order valence-corrected chi connectivity index (χ4v) is 2.25. The summed E-state index contributed by atoms with van der Waals surface area (Å²) in [6.07, 6.45) is -4.14. The molecule has 0 aliphatic rings. The van der Waals surface area contributed by atoms with Gasteiger partial charge in [0.05, 0.1) is 12.4 Å². The van der Waals surface area contributed by atoms with Gasteiger partial charge < -0.3 is 10.4 Å². The maximum atomic E-state index is 12.1. The van der Waals surface area contributed by atoms with Gasteiger partial charge in [-0.05, 0) is 31.5 Å². The van der Waals surface area contributed by atoms with Crippen LogP contribution in [-0.4, -0.2) is 29.7 Å². The number of aliphatic hydroxyl groups excluding tert-OH is 1. The van der Waals surface area contributed by atoms with Crippen molar-refractivity contribution in [3.8, 4) is 0 Å². The van der Waals surface area contributed by atoms with Crippen molar-refractivity contribution in [1.29, 1.82) is 0 Å². The third kappa shape index (κ3) is 6.31. The summed E-state index contributed by atoms with van der Waals surface area (Å²) in [5, 5.41) is 12.1. The molecule has 0 saturated carbocycles. The van der Waals surface area contributed by atoms with E-state index in [9.17, 15) is 13.2 Å². The second kappa shape index (κ2) is 7.17. The summed E-state index contributed by atoms with van der Waals surface area (Å²) in [5.74, 6) is -0.873. The molecule has 1 unspecified atom stereocenters. The number of benzene rings is 1. The average Bonchev–Trinajstić information content (AvgIpc) is 2.36. The number of aliphatic hydroxyl groups is 1. The molecule has 1 rings (SSSR count). The Labute approximate surface area is 115 Å². The second-order valence-electron chi connectivity index (χ2n) is 4.44. The predicted molar refractivity (Wildman–Crippen MR) is 71.3 cm³/mol. The number of hydrogen-bond donors (Lipinski definition) is 2. The fourth-order valence-electron chi connectivity index (χ4n) is 1.59. The van der Waals surface area contributed by atoms with E-state index in [0.717, 1.165) is 17.3 Å². The minimum atomic E-state index is -4.14. The quantitative estimate of drug-likeness (QED) is 0.789. The molecule has 0 aliphatic heterocycles. The molecular formula is C13H18F3NOS. The van der Waals surface area contributed by atoms with E-state index in [1.54, 1.807) is 24.3 Å². The number of hydrogen-bond acceptors (Lipinski definition) is 3. The molecule has 0 amide bonds. The van der Waals surface area contributed by atoms with Crippen LogP contribution in [0.3, 0.4) is 0 Å². The number of rotatable bonds is 6. The Hall–Kier alpha value is -0.720. The van der Waals surface area contributed by atoms with E-state index < -0.39 is 11.9 Å². The van der Waals surface area contributed by atoms with Crippen molar-refractivity contribution in [3.63, 3.8) is 0 Å². The van der Waals surface area contributed by atoms with Crippen molar-refractivity contribution in [2.75, 3.05) is 12.4 Å². The van der Waals surface area contributed by atoms with Crippen LogP contribution in [0.1, 0.15) is 25.5 Å². The van der Waals surface area contributed by atoms with Gasteiger partial charge in [0.15, 0.2) is 0 Å². The molecule has 0 heterocycles. The molecule has 2 nitrogen and oxygen atoms in total. The average molecular weight is 293 g/mol.